The van der Waals surface area contributed by atoms with Gasteiger partial charge in [0.25, 0.3) is 0 Å². The van der Waals surface area contributed by atoms with Gasteiger partial charge in [-0.15, -0.1) is 11.3 Å². The van der Waals surface area contributed by atoms with E-state index in [2.05, 4.69) is 15.3 Å². The number of nitrogens with zero attached hydrogens (tertiary/aromatic N) is 3. The minimum Gasteiger partial charge on any atom is -0.325 e. The molecule has 2 aromatic heterocycles. The molecule has 0 fully saturated rings. The molecule has 0 saturated carbocycles. The van der Waals surface area contributed by atoms with Crippen molar-refractivity contribution in [2.75, 3.05) is 18.1 Å². The van der Waals surface area contributed by atoms with Crippen molar-refractivity contribution in [2.24, 2.45) is 0 Å². The first-order valence-electron chi connectivity index (χ1n) is 8.48. The van der Waals surface area contributed by atoms with Gasteiger partial charge in [-0.1, -0.05) is 11.8 Å². The van der Waals surface area contributed by atoms with Crippen LogP contribution in [0, 0.1) is 0 Å². The number of hydrogen-bond donors (Lipinski definition) is 1. The molecule has 148 valence electrons. The lowest BCUT2D eigenvalue weighted by Crippen LogP contribution is -2.33. The molecular formula is C18H20N4O3S3. The van der Waals surface area contributed by atoms with Gasteiger partial charge >= 0.3 is 0 Å². The van der Waals surface area contributed by atoms with E-state index >= 15 is 0 Å². The van der Waals surface area contributed by atoms with Crippen molar-refractivity contribution in [1.29, 1.82) is 0 Å². The molecule has 1 aromatic carbocycles. The average molecular weight is 437 g/mol. The van der Waals surface area contributed by atoms with Crippen LogP contribution in [0.4, 0.5) is 5.69 Å². The number of carbonyl (C=O) groups is 1. The molecule has 0 aliphatic carbocycles. The van der Waals surface area contributed by atoms with Gasteiger partial charge in [-0.25, -0.2) is 18.4 Å². The molecule has 3 rings (SSSR count). The first-order chi connectivity index (χ1) is 13.3. The molecule has 2 heterocycles. The highest BCUT2D eigenvalue weighted by Gasteiger charge is 2.22. The molecule has 0 radical (unpaired) electrons. The minimum atomic E-state index is -3.54. The van der Waals surface area contributed by atoms with Crippen molar-refractivity contribution in [3.05, 3.63) is 42.0 Å². The van der Waals surface area contributed by atoms with Gasteiger partial charge in [-0.2, -0.15) is 4.31 Å². The number of fused-ring (bicyclic) bond motifs is 1. The highest BCUT2D eigenvalue weighted by Crippen LogP contribution is 2.28. The Morgan fingerprint density at radius 1 is 1.21 bits per heavy atom. The monoisotopic (exact) mass is 436 g/mol. The molecule has 1 N–H and O–H groups in total. The van der Waals surface area contributed by atoms with E-state index in [1.54, 1.807) is 19.2 Å². The number of aromatic nitrogens is 2. The Hall–Kier alpha value is -2.01. The molecule has 10 heteroatoms. The summed E-state index contributed by atoms with van der Waals surface area (Å²) in [7, 11) is -2.00. The fourth-order valence-corrected chi connectivity index (χ4v) is 5.47. The van der Waals surface area contributed by atoms with Crippen LogP contribution in [0.2, 0.25) is 0 Å². The highest BCUT2D eigenvalue weighted by molar-refractivity contribution is 8.00. The third-order valence-electron chi connectivity index (χ3n) is 4.09. The van der Waals surface area contributed by atoms with E-state index in [4.69, 9.17) is 0 Å². The number of rotatable bonds is 7. The first-order valence-corrected chi connectivity index (χ1v) is 11.8. The van der Waals surface area contributed by atoms with Crippen LogP contribution in [0.15, 0.2) is 52.0 Å². The van der Waals surface area contributed by atoms with Crippen LogP contribution < -0.4 is 5.32 Å². The van der Waals surface area contributed by atoms with Gasteiger partial charge in [-0.3, -0.25) is 4.79 Å². The van der Waals surface area contributed by atoms with Gasteiger partial charge in [0, 0.05) is 18.8 Å². The topological polar surface area (TPSA) is 92.3 Å². The molecule has 0 spiro atoms. The van der Waals surface area contributed by atoms with Crippen molar-refractivity contribution in [3.8, 4) is 0 Å². The van der Waals surface area contributed by atoms with Crippen LogP contribution in [-0.2, 0) is 14.8 Å². The third-order valence-corrected chi connectivity index (χ3v) is 8.17. The van der Waals surface area contributed by atoms with E-state index in [0.29, 0.717) is 5.69 Å². The Bertz CT molecular complexity index is 1080. The van der Waals surface area contributed by atoms with Crippen LogP contribution in [0.25, 0.3) is 10.2 Å². The maximum atomic E-state index is 12.5. The van der Waals surface area contributed by atoms with Gasteiger partial charge < -0.3 is 5.32 Å². The minimum absolute atomic E-state index is 0.141. The normalized spacial score (nSPS) is 12.0. The Kier molecular flexibility index (Phi) is 6.33. The number of benzene rings is 1. The number of amides is 1. The summed E-state index contributed by atoms with van der Waals surface area (Å²) in [6.45, 7) is 3.62. The third kappa shape index (κ3) is 4.52. The predicted molar refractivity (Wildman–Crippen MR) is 113 cm³/mol. The van der Waals surface area contributed by atoms with Gasteiger partial charge in [0.1, 0.15) is 11.4 Å². The molecule has 0 bridgehead atoms. The molecule has 0 aliphatic rings. The second-order valence-electron chi connectivity index (χ2n) is 6.29. The summed E-state index contributed by atoms with van der Waals surface area (Å²) >= 11 is 2.88. The summed E-state index contributed by atoms with van der Waals surface area (Å²) in [6.07, 6.45) is 1.49. The zero-order valence-electron chi connectivity index (χ0n) is 15.6. The van der Waals surface area contributed by atoms with E-state index < -0.39 is 10.0 Å². The van der Waals surface area contributed by atoms with Gasteiger partial charge in [0.05, 0.1) is 20.9 Å². The lowest BCUT2D eigenvalue weighted by atomic mass is 10.3. The SMILES string of the molecule is CC(C)N(C)S(=O)(=O)c1ccc(NC(=O)CSc2ncnc3ccsc23)cc1. The number of hydrogen-bond acceptors (Lipinski definition) is 7. The number of carbonyl (C=O) groups excluding carboxylic acids is 1. The Balaban J connectivity index is 1.62. The molecule has 0 aliphatic heterocycles. The molecule has 0 atom stereocenters. The molecule has 7 nitrogen and oxygen atoms in total. The Morgan fingerprint density at radius 2 is 1.93 bits per heavy atom. The predicted octanol–water partition coefficient (Wildman–Crippen LogP) is 3.45. The van der Waals surface area contributed by atoms with Crippen LogP contribution in [0.5, 0.6) is 0 Å². The van der Waals surface area contributed by atoms with Crippen molar-refractivity contribution >= 4 is 54.9 Å². The fraction of sp³-hybridized carbons (Fsp3) is 0.278. The van der Waals surface area contributed by atoms with Crippen molar-refractivity contribution < 1.29 is 13.2 Å². The second-order valence-corrected chi connectivity index (χ2v) is 10.2. The second kappa shape index (κ2) is 8.56. The summed E-state index contributed by atoms with van der Waals surface area (Å²) in [5, 5.41) is 5.49. The zero-order chi connectivity index (χ0) is 20.3. The number of sulfonamides is 1. The maximum absolute atomic E-state index is 12.5. The van der Waals surface area contributed by atoms with Crippen molar-refractivity contribution in [2.45, 2.75) is 29.8 Å². The summed E-state index contributed by atoms with van der Waals surface area (Å²) in [6, 6.07) is 7.95. The zero-order valence-corrected chi connectivity index (χ0v) is 18.1. The number of nitrogens with one attached hydrogen (secondary N) is 1. The lowest BCUT2D eigenvalue weighted by molar-refractivity contribution is -0.113. The highest BCUT2D eigenvalue weighted by atomic mass is 32.2. The summed E-state index contributed by atoms with van der Waals surface area (Å²) in [5.74, 6) is 0.00313. The molecule has 28 heavy (non-hydrogen) atoms. The van der Waals surface area contributed by atoms with E-state index in [1.165, 1.54) is 45.9 Å². The summed E-state index contributed by atoms with van der Waals surface area (Å²) < 4.78 is 27.2. The van der Waals surface area contributed by atoms with Gasteiger partial charge in [-0.05, 0) is 49.6 Å². The first kappa shape index (κ1) is 20.7. The number of thioether (sulfide) groups is 1. The standard InChI is InChI=1S/C18H20N4O3S3/c1-12(2)22(3)28(24,25)14-6-4-13(5-7-14)21-16(23)10-27-18-17-15(8-9-26-17)19-11-20-18/h4-9,11-12H,10H2,1-3H3,(H,21,23). The molecule has 1 amide bonds. The van der Waals surface area contributed by atoms with Crippen molar-refractivity contribution in [3.63, 3.8) is 0 Å². The van der Waals surface area contributed by atoms with Crippen LogP contribution >= 0.6 is 23.1 Å². The molecular weight excluding hydrogens is 416 g/mol. The maximum Gasteiger partial charge on any atom is 0.243 e. The van der Waals surface area contributed by atoms with E-state index in [0.717, 1.165) is 15.2 Å². The number of anilines is 1. The molecule has 0 unspecified atom stereocenters. The quantitative estimate of drug-likeness (QED) is 0.450. The van der Waals surface area contributed by atoms with Crippen molar-refractivity contribution in [1.82, 2.24) is 14.3 Å². The van der Waals surface area contributed by atoms with Crippen LogP contribution in [-0.4, -0.2) is 47.4 Å². The lowest BCUT2D eigenvalue weighted by Gasteiger charge is -2.21. The molecule has 0 saturated heterocycles. The van der Waals surface area contributed by atoms with Crippen LogP contribution in [0.3, 0.4) is 0 Å². The van der Waals surface area contributed by atoms with E-state index in [1.807, 2.05) is 25.3 Å². The van der Waals surface area contributed by atoms with E-state index in [9.17, 15) is 13.2 Å². The Morgan fingerprint density at radius 3 is 2.61 bits per heavy atom. The summed E-state index contributed by atoms with van der Waals surface area (Å²) in [5.41, 5.74) is 1.41. The van der Waals surface area contributed by atoms with Crippen LogP contribution in [0.1, 0.15) is 13.8 Å². The molecule has 3 aromatic rings. The largest absolute Gasteiger partial charge is 0.325 e. The fourth-order valence-electron chi connectivity index (χ4n) is 2.35. The summed E-state index contributed by atoms with van der Waals surface area (Å²) in [4.78, 5) is 20.9. The Labute approximate surface area is 172 Å². The average Bonchev–Trinajstić information content (AvgIpc) is 3.15. The van der Waals surface area contributed by atoms with Gasteiger partial charge in [0.2, 0.25) is 15.9 Å². The smallest absolute Gasteiger partial charge is 0.243 e. The van der Waals surface area contributed by atoms with Gasteiger partial charge in [0.15, 0.2) is 0 Å². The van der Waals surface area contributed by atoms with E-state index in [-0.39, 0.29) is 22.6 Å². The number of thiophene rings is 1.